The Labute approximate surface area is 130 Å². The number of hydrogen-bond acceptors (Lipinski definition) is 5. The van der Waals surface area contributed by atoms with Gasteiger partial charge in [-0.1, -0.05) is 0 Å². The number of hydrogen-bond donors (Lipinski definition) is 1. The van der Waals surface area contributed by atoms with Crippen LogP contribution in [0.15, 0.2) is 5.10 Å². The van der Waals surface area contributed by atoms with Gasteiger partial charge in [0.05, 0.1) is 0 Å². The van der Waals surface area contributed by atoms with Gasteiger partial charge in [0, 0.05) is 24.9 Å². The van der Waals surface area contributed by atoms with E-state index in [2.05, 4.69) is 10.5 Å². The molecule has 0 radical (unpaired) electrons. The molecule has 22 heavy (non-hydrogen) atoms. The molecule has 0 unspecified atom stereocenters. The Morgan fingerprint density at radius 1 is 1.27 bits per heavy atom. The first-order chi connectivity index (χ1) is 10.4. The summed E-state index contributed by atoms with van der Waals surface area (Å²) in [4.78, 5) is 37.3. The van der Waals surface area contributed by atoms with E-state index >= 15 is 0 Å². The lowest BCUT2D eigenvalue weighted by molar-refractivity contribution is -0.158. The smallest absolute Gasteiger partial charge is 0.355 e. The molecule has 2 aliphatic heterocycles. The number of nitrogens with one attached hydrogen (secondary N) is 1. The van der Waals surface area contributed by atoms with Crippen LogP contribution >= 0.6 is 0 Å². The van der Waals surface area contributed by atoms with Crippen molar-refractivity contribution in [2.45, 2.75) is 71.1 Å². The molecule has 3 atom stereocenters. The highest BCUT2D eigenvalue weighted by Gasteiger charge is 2.34. The number of esters is 1. The molecular formula is C15H23N3O4. The van der Waals surface area contributed by atoms with Crippen molar-refractivity contribution >= 4 is 23.5 Å². The Kier molecular flexibility index (Phi) is 5.15. The van der Waals surface area contributed by atoms with Crippen molar-refractivity contribution < 1.29 is 19.1 Å². The van der Waals surface area contributed by atoms with E-state index in [0.29, 0.717) is 0 Å². The van der Waals surface area contributed by atoms with Gasteiger partial charge in [0.15, 0.2) is 6.10 Å². The molecule has 0 aromatic carbocycles. The van der Waals surface area contributed by atoms with Crippen molar-refractivity contribution in [1.29, 1.82) is 0 Å². The third-order valence-electron chi connectivity index (χ3n) is 4.22. The van der Waals surface area contributed by atoms with Crippen LogP contribution in [0.1, 0.15) is 52.9 Å². The molecule has 0 saturated carbocycles. The van der Waals surface area contributed by atoms with Crippen LogP contribution in [0.5, 0.6) is 0 Å². The van der Waals surface area contributed by atoms with E-state index in [-0.39, 0.29) is 42.5 Å². The van der Waals surface area contributed by atoms with Gasteiger partial charge in [-0.25, -0.2) is 10.2 Å². The number of hydrazone groups is 1. The molecule has 2 amide bonds. The lowest BCUT2D eigenvalue weighted by Gasteiger charge is -2.40. The van der Waals surface area contributed by atoms with Crippen LogP contribution < -0.4 is 5.43 Å². The van der Waals surface area contributed by atoms with E-state index in [0.717, 1.165) is 19.3 Å². The van der Waals surface area contributed by atoms with E-state index in [1.54, 1.807) is 6.92 Å². The standard InChI is InChI=1S/C15H23N3O4/c1-9-5-4-6-10(2)18(9)14(20)11(3)22-15(21)12-7-8-13(19)17-16-12/h9-11H,4-8H2,1-3H3,(H,17,19)/t9-,10-,11+/m0/s1. The Balaban J connectivity index is 1.96. The van der Waals surface area contributed by atoms with Crippen LogP contribution in [0.25, 0.3) is 0 Å². The van der Waals surface area contributed by atoms with Gasteiger partial charge in [0.1, 0.15) is 5.71 Å². The summed E-state index contributed by atoms with van der Waals surface area (Å²) < 4.78 is 5.22. The van der Waals surface area contributed by atoms with Crippen molar-refractivity contribution in [3.05, 3.63) is 0 Å². The van der Waals surface area contributed by atoms with Crippen molar-refractivity contribution in [3.8, 4) is 0 Å². The maximum Gasteiger partial charge on any atom is 0.355 e. The summed E-state index contributed by atoms with van der Waals surface area (Å²) in [6.45, 7) is 5.61. The number of ether oxygens (including phenoxy) is 1. The van der Waals surface area contributed by atoms with Crippen molar-refractivity contribution in [1.82, 2.24) is 10.3 Å². The Hall–Kier alpha value is -1.92. The normalized spacial score (nSPS) is 26.8. The minimum absolute atomic E-state index is 0.152. The third kappa shape index (κ3) is 3.64. The SMILES string of the molecule is C[C@@H](OC(=O)C1=NNC(=O)CC1)C(=O)N1[C@@H](C)CCC[C@@H]1C. The maximum absolute atomic E-state index is 12.5. The van der Waals surface area contributed by atoms with Crippen molar-refractivity contribution in [2.75, 3.05) is 0 Å². The number of amides is 2. The van der Waals surface area contributed by atoms with Crippen LogP contribution in [0.2, 0.25) is 0 Å². The fourth-order valence-corrected chi connectivity index (χ4v) is 2.97. The molecule has 1 N–H and O–H groups in total. The zero-order valence-corrected chi connectivity index (χ0v) is 13.3. The molecule has 2 heterocycles. The fraction of sp³-hybridized carbons (Fsp3) is 0.733. The molecule has 2 rings (SSSR count). The molecule has 7 heteroatoms. The molecule has 1 fully saturated rings. The molecule has 7 nitrogen and oxygen atoms in total. The highest BCUT2D eigenvalue weighted by Crippen LogP contribution is 2.23. The Morgan fingerprint density at radius 3 is 2.45 bits per heavy atom. The zero-order chi connectivity index (χ0) is 16.3. The minimum atomic E-state index is -0.851. The predicted molar refractivity (Wildman–Crippen MR) is 80.0 cm³/mol. The summed E-state index contributed by atoms with van der Waals surface area (Å²) >= 11 is 0. The summed E-state index contributed by atoms with van der Waals surface area (Å²) in [5.41, 5.74) is 2.40. The highest BCUT2D eigenvalue weighted by atomic mass is 16.5. The van der Waals surface area contributed by atoms with E-state index in [9.17, 15) is 14.4 Å². The quantitative estimate of drug-likeness (QED) is 0.787. The molecule has 0 aromatic heterocycles. The number of carbonyl (C=O) groups excluding carboxylic acids is 3. The second kappa shape index (κ2) is 6.89. The number of piperidine rings is 1. The predicted octanol–water partition coefficient (Wildman–Crippen LogP) is 0.974. The van der Waals surface area contributed by atoms with E-state index < -0.39 is 12.1 Å². The van der Waals surface area contributed by atoms with E-state index in [1.807, 2.05) is 18.7 Å². The maximum atomic E-state index is 12.5. The van der Waals surface area contributed by atoms with Gasteiger partial charge in [-0.2, -0.15) is 5.10 Å². The number of likely N-dealkylation sites (tertiary alicyclic amines) is 1. The molecule has 0 aromatic rings. The monoisotopic (exact) mass is 309 g/mol. The molecule has 0 aliphatic carbocycles. The molecule has 122 valence electrons. The number of nitrogens with zero attached hydrogens (tertiary/aromatic N) is 2. The topological polar surface area (TPSA) is 88.1 Å². The van der Waals surface area contributed by atoms with Crippen molar-refractivity contribution in [3.63, 3.8) is 0 Å². The Bertz CT molecular complexity index is 493. The van der Waals surface area contributed by atoms with Gasteiger partial charge in [-0.3, -0.25) is 9.59 Å². The third-order valence-corrected chi connectivity index (χ3v) is 4.22. The zero-order valence-electron chi connectivity index (χ0n) is 13.3. The number of rotatable bonds is 3. The summed E-state index contributed by atoms with van der Waals surface area (Å²) in [7, 11) is 0. The van der Waals surface area contributed by atoms with Crippen LogP contribution in [0.3, 0.4) is 0 Å². The second-order valence-corrected chi connectivity index (χ2v) is 6.02. The molecule has 0 spiro atoms. The summed E-state index contributed by atoms with van der Waals surface area (Å²) in [6.07, 6.45) is 2.64. The van der Waals surface area contributed by atoms with Gasteiger partial charge in [-0.05, 0) is 40.0 Å². The Morgan fingerprint density at radius 2 is 1.91 bits per heavy atom. The second-order valence-electron chi connectivity index (χ2n) is 6.02. The lowest BCUT2D eigenvalue weighted by Crippen LogP contribution is -2.51. The average Bonchev–Trinajstić information content (AvgIpc) is 2.47. The first-order valence-corrected chi connectivity index (χ1v) is 7.78. The first kappa shape index (κ1) is 16.5. The van der Waals surface area contributed by atoms with Gasteiger partial charge < -0.3 is 9.64 Å². The molecule has 2 aliphatic rings. The summed E-state index contributed by atoms with van der Waals surface area (Å²) in [5.74, 6) is -1.04. The molecule has 1 saturated heterocycles. The molecular weight excluding hydrogens is 286 g/mol. The van der Waals surface area contributed by atoms with E-state index in [1.165, 1.54) is 0 Å². The van der Waals surface area contributed by atoms with Crippen LogP contribution in [-0.4, -0.2) is 46.6 Å². The summed E-state index contributed by atoms with van der Waals surface area (Å²) in [6, 6.07) is 0.312. The molecule has 0 bridgehead atoms. The lowest BCUT2D eigenvalue weighted by atomic mass is 9.97. The number of carbonyl (C=O) groups is 3. The highest BCUT2D eigenvalue weighted by molar-refractivity contribution is 6.37. The minimum Gasteiger partial charge on any atom is -0.448 e. The van der Waals surface area contributed by atoms with Crippen LogP contribution in [0, 0.1) is 0 Å². The average molecular weight is 309 g/mol. The summed E-state index contributed by atoms with van der Waals surface area (Å²) in [5, 5.41) is 3.68. The van der Waals surface area contributed by atoms with Gasteiger partial charge in [0.2, 0.25) is 5.91 Å². The van der Waals surface area contributed by atoms with Gasteiger partial charge in [0.25, 0.3) is 5.91 Å². The van der Waals surface area contributed by atoms with Crippen LogP contribution in [0.4, 0.5) is 0 Å². The van der Waals surface area contributed by atoms with Gasteiger partial charge >= 0.3 is 5.97 Å². The first-order valence-electron chi connectivity index (χ1n) is 7.78. The fourth-order valence-electron chi connectivity index (χ4n) is 2.97. The van der Waals surface area contributed by atoms with E-state index in [4.69, 9.17) is 4.74 Å². The largest absolute Gasteiger partial charge is 0.448 e. The van der Waals surface area contributed by atoms with Crippen LogP contribution in [-0.2, 0) is 19.1 Å². The van der Waals surface area contributed by atoms with Crippen molar-refractivity contribution in [2.24, 2.45) is 5.10 Å². The van der Waals surface area contributed by atoms with Gasteiger partial charge in [-0.15, -0.1) is 0 Å².